The van der Waals surface area contributed by atoms with Gasteiger partial charge < -0.3 is 4.74 Å². The highest BCUT2D eigenvalue weighted by molar-refractivity contribution is 5.81. The first-order valence-electron chi connectivity index (χ1n) is 12.0. The lowest BCUT2D eigenvalue weighted by Crippen LogP contribution is -2.42. The van der Waals surface area contributed by atoms with Gasteiger partial charge in [0.2, 0.25) is 0 Å². The molecule has 0 heterocycles. The minimum Gasteiger partial charge on any atom is -0.466 e. The van der Waals surface area contributed by atoms with Crippen LogP contribution in [0.2, 0.25) is 0 Å². The van der Waals surface area contributed by atoms with Crippen LogP contribution in [0.25, 0.3) is 0 Å². The highest BCUT2D eigenvalue weighted by Gasteiger charge is 2.36. The molecule has 12 nitrogen and oxygen atoms in total. The molecule has 0 aliphatic rings. The number of alkyl halides is 6. The number of anilines is 1. The first-order valence-corrected chi connectivity index (χ1v) is 12.0. The molecule has 0 spiro atoms. The summed E-state index contributed by atoms with van der Waals surface area (Å²) in [5.74, 6) is -0.280. The second-order valence-electron chi connectivity index (χ2n) is 8.26. The van der Waals surface area contributed by atoms with E-state index in [4.69, 9.17) is 0 Å². The maximum atomic E-state index is 13.0. The molecule has 0 aliphatic carbocycles. The van der Waals surface area contributed by atoms with Gasteiger partial charge in [-0.3, -0.25) is 30.1 Å². The summed E-state index contributed by atoms with van der Waals surface area (Å²) in [6.07, 6.45) is -6.65. The molecule has 0 saturated heterocycles. The fourth-order valence-corrected chi connectivity index (χ4v) is 3.34. The molecule has 230 valence electrons. The second kappa shape index (κ2) is 14.9. The van der Waals surface area contributed by atoms with Gasteiger partial charge in [-0.25, -0.2) is 4.79 Å². The summed E-state index contributed by atoms with van der Waals surface area (Å²) >= 11 is 0. The Labute approximate surface area is 235 Å². The number of nitrogens with one attached hydrogen (secondary N) is 1. The molecule has 18 heteroatoms. The average molecular weight is 610 g/mol. The van der Waals surface area contributed by atoms with Crippen LogP contribution >= 0.6 is 0 Å². The number of halogens is 6. The van der Waals surface area contributed by atoms with Crippen LogP contribution in [0.1, 0.15) is 31.9 Å². The number of benzene rings is 2. The van der Waals surface area contributed by atoms with Crippen molar-refractivity contribution in [2.75, 3.05) is 32.2 Å². The molecule has 0 radical (unpaired) electrons. The summed E-state index contributed by atoms with van der Waals surface area (Å²) in [5.41, 5.74) is -4.70. The highest BCUT2D eigenvalue weighted by Crippen LogP contribution is 2.39. The fraction of sp³-hybridized carbons (Fsp3) is 0.375. The van der Waals surface area contributed by atoms with Crippen LogP contribution in [0, 0.1) is 20.2 Å². The Hall–Kier alpha value is -4.61. The molecule has 0 aromatic heterocycles. The second-order valence-corrected chi connectivity index (χ2v) is 8.26. The number of nitrogens with zero attached hydrogens (tertiary/aromatic N) is 5. The first-order chi connectivity index (χ1) is 19.4. The largest absolute Gasteiger partial charge is 0.466 e. The molecular weight excluding hydrogens is 582 g/mol. The van der Waals surface area contributed by atoms with E-state index in [2.05, 4.69) is 35.8 Å². The number of ether oxygens (including phenoxy) is 1. The number of hydrogen-bond acceptors (Lipinski definition) is 8. The number of methoxy groups -OCH3 is 1. The molecule has 2 aromatic rings. The maximum absolute atomic E-state index is 13.0. The average Bonchev–Trinajstić information content (AvgIpc) is 2.93. The molecule has 0 aliphatic heterocycles. The van der Waals surface area contributed by atoms with Crippen molar-refractivity contribution in [2.24, 2.45) is 10.3 Å². The SMILES string of the molecule is CC[N+](/C=C/C(=O)OC)(CC)CC.O=[N+]([O-])c1ccc(N=NNc2ccc([N+](=O)[O-])cc2C(F)(F)F)c(C(F)(F)F)c1. The number of rotatable bonds is 10. The van der Waals surface area contributed by atoms with Crippen LogP contribution in [0.5, 0.6) is 0 Å². The summed E-state index contributed by atoms with van der Waals surface area (Å²) in [7, 11) is 1.39. The normalized spacial score (nSPS) is 12.1. The van der Waals surface area contributed by atoms with E-state index in [1.807, 2.05) is 6.20 Å². The van der Waals surface area contributed by atoms with Crippen molar-refractivity contribution in [3.05, 3.63) is 80.0 Å². The molecule has 2 aromatic carbocycles. The van der Waals surface area contributed by atoms with Gasteiger partial charge >= 0.3 is 18.3 Å². The maximum Gasteiger partial charge on any atom is 0.418 e. The molecule has 0 unspecified atom stereocenters. The van der Waals surface area contributed by atoms with Gasteiger partial charge in [0.25, 0.3) is 11.4 Å². The van der Waals surface area contributed by atoms with E-state index in [1.165, 1.54) is 13.2 Å². The predicted molar refractivity (Wildman–Crippen MR) is 137 cm³/mol. The summed E-state index contributed by atoms with van der Waals surface area (Å²) in [6, 6.07) is 3.11. The Morgan fingerprint density at radius 1 is 0.905 bits per heavy atom. The molecule has 42 heavy (non-hydrogen) atoms. The van der Waals surface area contributed by atoms with Gasteiger partial charge in [0.1, 0.15) is 11.9 Å². The van der Waals surface area contributed by atoms with E-state index in [9.17, 15) is 51.4 Å². The third-order valence-corrected chi connectivity index (χ3v) is 5.96. The standard InChI is InChI=1S/C14H7F6N5O4.C10H20NO2/c15-13(16,17)9-5-7(24(26)27)1-3-11(9)21-23-22-12-4-2-8(25(28)29)6-10(12)14(18,19)20;1-5-11(6-2,7-3)9-8-10(12)13-4/h1-6H,(H,21,22);8-9H,5-7H2,1-4H3/q;+1/b;9-8+. The summed E-state index contributed by atoms with van der Waals surface area (Å²) < 4.78 is 83.6. The summed E-state index contributed by atoms with van der Waals surface area (Å²) in [6.45, 7) is 9.36. The lowest BCUT2D eigenvalue weighted by atomic mass is 10.1. The number of esters is 1. The fourth-order valence-electron chi connectivity index (χ4n) is 3.34. The van der Waals surface area contributed by atoms with Crippen molar-refractivity contribution >= 4 is 28.7 Å². The summed E-state index contributed by atoms with van der Waals surface area (Å²) in [5, 5.41) is 27.4. The molecular formula is C24H27F6N6O6+. The van der Waals surface area contributed by atoms with E-state index in [1.54, 1.807) is 5.43 Å². The van der Waals surface area contributed by atoms with Crippen LogP contribution in [0.3, 0.4) is 0 Å². The number of quaternary nitrogens is 1. The van der Waals surface area contributed by atoms with Crippen LogP contribution in [-0.4, -0.2) is 47.0 Å². The zero-order valence-electron chi connectivity index (χ0n) is 22.7. The van der Waals surface area contributed by atoms with Gasteiger partial charge in [-0.05, 0) is 32.9 Å². The van der Waals surface area contributed by atoms with Crippen molar-refractivity contribution in [3.8, 4) is 0 Å². The van der Waals surface area contributed by atoms with E-state index in [0.29, 0.717) is 18.2 Å². The topological polar surface area (TPSA) is 149 Å². The van der Waals surface area contributed by atoms with E-state index in [-0.39, 0.29) is 18.1 Å². The Balaban J connectivity index is 0.000000572. The van der Waals surface area contributed by atoms with E-state index in [0.717, 1.165) is 30.2 Å². The Morgan fingerprint density at radius 2 is 1.38 bits per heavy atom. The molecule has 0 atom stereocenters. The monoisotopic (exact) mass is 609 g/mol. The van der Waals surface area contributed by atoms with Gasteiger partial charge in [0.05, 0.1) is 59.5 Å². The quantitative estimate of drug-likeness (QED) is 0.0569. The zero-order valence-corrected chi connectivity index (χ0v) is 22.7. The van der Waals surface area contributed by atoms with Crippen LogP contribution < -0.4 is 5.43 Å². The zero-order chi connectivity index (χ0) is 32.3. The number of carbonyl (C=O) groups excluding carboxylic acids is 1. The predicted octanol–water partition coefficient (Wildman–Crippen LogP) is 7.20. The Morgan fingerprint density at radius 3 is 1.81 bits per heavy atom. The van der Waals surface area contributed by atoms with Crippen molar-refractivity contribution in [2.45, 2.75) is 33.1 Å². The number of nitro benzene ring substituents is 2. The minimum atomic E-state index is -5.05. The molecule has 1 N–H and O–H groups in total. The third-order valence-electron chi connectivity index (χ3n) is 5.96. The van der Waals surface area contributed by atoms with Gasteiger partial charge in [-0.15, -0.1) is 5.11 Å². The van der Waals surface area contributed by atoms with Crippen LogP contribution in [0.15, 0.2) is 59.0 Å². The van der Waals surface area contributed by atoms with Crippen molar-refractivity contribution in [1.29, 1.82) is 0 Å². The highest BCUT2D eigenvalue weighted by atomic mass is 19.4. The van der Waals surface area contributed by atoms with E-state index >= 15 is 0 Å². The first kappa shape index (κ1) is 35.4. The number of non-ortho nitro benzene ring substituents is 2. The Bertz CT molecular complexity index is 1320. The van der Waals surface area contributed by atoms with Gasteiger partial charge in [-0.1, -0.05) is 5.22 Å². The number of nitro groups is 2. The molecule has 0 saturated carbocycles. The lowest BCUT2D eigenvalue weighted by Gasteiger charge is -2.30. The van der Waals surface area contributed by atoms with Gasteiger partial charge in [-0.2, -0.15) is 26.3 Å². The van der Waals surface area contributed by atoms with E-state index < -0.39 is 56.1 Å². The van der Waals surface area contributed by atoms with Crippen molar-refractivity contribution < 1.29 is 50.2 Å². The third kappa shape index (κ3) is 10.1. The molecule has 2 rings (SSSR count). The molecule has 0 bridgehead atoms. The molecule has 0 amide bonds. The molecule has 0 fully saturated rings. The lowest BCUT2D eigenvalue weighted by molar-refractivity contribution is -0.874. The van der Waals surface area contributed by atoms with Crippen molar-refractivity contribution in [3.63, 3.8) is 0 Å². The van der Waals surface area contributed by atoms with Crippen molar-refractivity contribution in [1.82, 2.24) is 0 Å². The number of carbonyl (C=O) groups is 1. The van der Waals surface area contributed by atoms with Gasteiger partial charge in [0, 0.05) is 24.3 Å². The van der Waals surface area contributed by atoms with Gasteiger partial charge in [0.15, 0.2) is 0 Å². The van der Waals surface area contributed by atoms with Crippen LogP contribution in [-0.2, 0) is 21.9 Å². The Kier molecular flexibility index (Phi) is 12.5. The number of hydrogen-bond donors (Lipinski definition) is 1. The smallest absolute Gasteiger partial charge is 0.418 e. The van der Waals surface area contributed by atoms with Crippen LogP contribution in [0.4, 0.5) is 49.1 Å². The minimum absolute atomic E-state index is 0.196. The summed E-state index contributed by atoms with van der Waals surface area (Å²) in [4.78, 5) is 30.0.